The molecule has 0 saturated heterocycles. The van der Waals surface area contributed by atoms with Gasteiger partial charge in [-0.15, -0.1) is 0 Å². The first-order valence-corrected chi connectivity index (χ1v) is 13.8. The fourth-order valence-corrected chi connectivity index (χ4v) is 5.82. The third kappa shape index (κ3) is 4.65. The molecule has 0 fully saturated rings. The summed E-state index contributed by atoms with van der Waals surface area (Å²) < 4.78 is 51.6. The van der Waals surface area contributed by atoms with Crippen LogP contribution in [0.25, 0.3) is 0 Å². The maximum absolute atomic E-state index is 13.3. The van der Waals surface area contributed by atoms with Crippen molar-refractivity contribution < 1.29 is 16.8 Å². The molecule has 3 aromatic carbocycles. The predicted octanol–water partition coefficient (Wildman–Crippen LogP) is 4.93. The minimum absolute atomic E-state index is 0.225. The number of hydrogen-bond acceptors (Lipinski definition) is 4. The van der Waals surface area contributed by atoms with Crippen LogP contribution in [0, 0.1) is 13.8 Å². The van der Waals surface area contributed by atoms with E-state index in [1.807, 2.05) is 44.2 Å². The lowest BCUT2D eigenvalue weighted by Crippen LogP contribution is -2.11. The fourth-order valence-electron chi connectivity index (χ4n) is 3.92. The van der Waals surface area contributed by atoms with Gasteiger partial charge in [0.2, 0.25) is 0 Å². The van der Waals surface area contributed by atoms with Crippen molar-refractivity contribution >= 4 is 19.9 Å². The third-order valence-electron chi connectivity index (χ3n) is 5.72. The average molecular weight is 480 g/mol. The number of rotatable bonds is 6. The van der Waals surface area contributed by atoms with Gasteiger partial charge in [-0.05, 0) is 60.4 Å². The fraction of sp³-hybridized carbons (Fsp3) is 0.154. The van der Waals surface area contributed by atoms with Crippen LogP contribution in [-0.4, -0.2) is 27.1 Å². The number of aryl methyl sites for hydroxylation is 2. The zero-order valence-electron chi connectivity index (χ0n) is 18.6. The van der Waals surface area contributed by atoms with Crippen molar-refractivity contribution in [3.8, 4) is 0 Å². The second-order valence-corrected chi connectivity index (χ2v) is 12.1. The summed E-state index contributed by atoms with van der Waals surface area (Å²) in [6, 6.07) is 23.3. The highest BCUT2D eigenvalue weighted by Gasteiger charge is 2.24. The van der Waals surface area contributed by atoms with Crippen molar-refractivity contribution in [3.63, 3.8) is 0 Å². The highest BCUT2D eigenvalue weighted by Crippen LogP contribution is 2.35. The van der Waals surface area contributed by atoms with Crippen molar-refractivity contribution in [2.75, 3.05) is 6.26 Å². The summed E-state index contributed by atoms with van der Waals surface area (Å²) in [5.41, 5.74) is 4.51. The van der Waals surface area contributed by atoms with Gasteiger partial charge in [0.25, 0.3) is 10.0 Å². The van der Waals surface area contributed by atoms with Crippen LogP contribution >= 0.6 is 0 Å². The van der Waals surface area contributed by atoms with Crippen LogP contribution in [0.15, 0.2) is 101 Å². The van der Waals surface area contributed by atoms with Crippen molar-refractivity contribution in [2.45, 2.75) is 29.6 Å². The van der Waals surface area contributed by atoms with Crippen molar-refractivity contribution in [1.82, 2.24) is 3.97 Å². The van der Waals surface area contributed by atoms with Crippen LogP contribution < -0.4 is 0 Å². The predicted molar refractivity (Wildman–Crippen MR) is 130 cm³/mol. The summed E-state index contributed by atoms with van der Waals surface area (Å²) in [6.07, 6.45) is 4.47. The Morgan fingerprint density at radius 2 is 1.21 bits per heavy atom. The second-order valence-electron chi connectivity index (χ2n) is 8.23. The molecule has 0 bridgehead atoms. The SMILES string of the molecule is Cc1ccc(S(=O)(=O)n2cc(C)c(C(c3ccccc3)c3ccc(S(C)(=O)=O)cc3)c2)cc1. The van der Waals surface area contributed by atoms with Crippen LogP contribution in [0.5, 0.6) is 0 Å². The number of aromatic nitrogens is 1. The van der Waals surface area contributed by atoms with E-state index in [0.29, 0.717) is 0 Å². The van der Waals surface area contributed by atoms with E-state index < -0.39 is 19.9 Å². The molecule has 0 aliphatic heterocycles. The maximum atomic E-state index is 13.3. The molecule has 0 N–H and O–H groups in total. The van der Waals surface area contributed by atoms with Crippen LogP contribution in [0.2, 0.25) is 0 Å². The lowest BCUT2D eigenvalue weighted by atomic mass is 9.85. The van der Waals surface area contributed by atoms with Gasteiger partial charge in [-0.25, -0.2) is 20.8 Å². The zero-order valence-corrected chi connectivity index (χ0v) is 20.3. The maximum Gasteiger partial charge on any atom is 0.267 e. The molecule has 0 saturated carbocycles. The molecule has 1 unspecified atom stereocenters. The van der Waals surface area contributed by atoms with Crippen LogP contribution in [-0.2, 0) is 19.9 Å². The first-order chi connectivity index (χ1) is 15.6. The lowest BCUT2D eigenvalue weighted by Gasteiger charge is -2.19. The van der Waals surface area contributed by atoms with Crippen molar-refractivity contribution in [3.05, 3.63) is 119 Å². The Hall–Kier alpha value is -3.16. The number of benzene rings is 3. The standard InChI is InChI=1S/C26H25NO4S2/c1-19-9-13-24(14-10-19)33(30,31)27-17-20(2)25(18-27)26(21-7-5-4-6-8-21)22-11-15-23(16-12-22)32(3,28)29/h4-18,26H,1-3H3. The first kappa shape index (κ1) is 23.0. The summed E-state index contributed by atoms with van der Waals surface area (Å²) in [7, 11) is -7.06. The summed E-state index contributed by atoms with van der Waals surface area (Å²) in [5, 5.41) is 0. The Balaban J connectivity index is 1.84. The van der Waals surface area contributed by atoms with Crippen LogP contribution in [0.1, 0.15) is 33.7 Å². The topological polar surface area (TPSA) is 73.2 Å². The van der Waals surface area contributed by atoms with Crippen LogP contribution in [0.3, 0.4) is 0 Å². The van der Waals surface area contributed by atoms with E-state index in [0.717, 1.165) is 27.8 Å². The van der Waals surface area contributed by atoms with Gasteiger partial charge in [-0.3, -0.25) is 0 Å². The van der Waals surface area contributed by atoms with E-state index in [1.54, 1.807) is 60.9 Å². The van der Waals surface area contributed by atoms with E-state index in [4.69, 9.17) is 0 Å². The smallest absolute Gasteiger partial charge is 0.248 e. The quantitative estimate of drug-likeness (QED) is 0.393. The van der Waals surface area contributed by atoms with Gasteiger partial charge in [-0.1, -0.05) is 60.2 Å². The van der Waals surface area contributed by atoms with Gasteiger partial charge in [0.15, 0.2) is 9.84 Å². The van der Waals surface area contributed by atoms with E-state index in [-0.39, 0.29) is 15.7 Å². The first-order valence-electron chi connectivity index (χ1n) is 10.4. The highest BCUT2D eigenvalue weighted by atomic mass is 32.2. The molecule has 4 rings (SSSR count). The zero-order chi connectivity index (χ0) is 23.8. The van der Waals surface area contributed by atoms with Crippen molar-refractivity contribution in [1.29, 1.82) is 0 Å². The number of nitrogens with zero attached hydrogens (tertiary/aromatic N) is 1. The molecule has 170 valence electrons. The van der Waals surface area contributed by atoms with Gasteiger partial charge >= 0.3 is 0 Å². The average Bonchev–Trinajstić information content (AvgIpc) is 3.17. The molecular formula is C26H25NO4S2. The molecule has 0 amide bonds. The molecule has 1 aromatic heterocycles. The van der Waals surface area contributed by atoms with Gasteiger partial charge in [0.05, 0.1) is 9.79 Å². The normalized spacial score (nSPS) is 13.1. The molecular weight excluding hydrogens is 454 g/mol. The molecule has 1 heterocycles. The molecule has 5 nitrogen and oxygen atoms in total. The van der Waals surface area contributed by atoms with Gasteiger partial charge in [-0.2, -0.15) is 0 Å². The molecule has 0 aliphatic rings. The largest absolute Gasteiger partial charge is 0.267 e. The number of sulfone groups is 1. The summed E-state index contributed by atoms with van der Waals surface area (Å²) in [5.74, 6) is -0.255. The van der Waals surface area contributed by atoms with Gasteiger partial charge < -0.3 is 0 Å². The molecule has 4 aromatic rings. The summed E-state index contributed by atoms with van der Waals surface area (Å²) >= 11 is 0. The monoisotopic (exact) mass is 479 g/mol. The van der Waals surface area contributed by atoms with Crippen molar-refractivity contribution in [2.24, 2.45) is 0 Å². The minimum atomic E-state index is -3.74. The van der Waals surface area contributed by atoms with E-state index in [9.17, 15) is 16.8 Å². The highest BCUT2D eigenvalue weighted by molar-refractivity contribution is 7.90. The molecule has 0 spiro atoms. The Morgan fingerprint density at radius 1 is 0.667 bits per heavy atom. The molecule has 33 heavy (non-hydrogen) atoms. The van der Waals surface area contributed by atoms with Gasteiger partial charge in [0.1, 0.15) is 0 Å². The Morgan fingerprint density at radius 3 is 1.79 bits per heavy atom. The minimum Gasteiger partial charge on any atom is -0.248 e. The van der Waals surface area contributed by atoms with E-state index in [2.05, 4.69) is 0 Å². The Bertz CT molecular complexity index is 1490. The molecule has 0 radical (unpaired) electrons. The summed E-state index contributed by atoms with van der Waals surface area (Å²) in [6.45, 7) is 3.80. The van der Waals surface area contributed by atoms with Crippen LogP contribution in [0.4, 0.5) is 0 Å². The van der Waals surface area contributed by atoms with E-state index in [1.165, 1.54) is 10.2 Å². The molecule has 7 heteroatoms. The lowest BCUT2D eigenvalue weighted by molar-refractivity contribution is 0.587. The molecule has 1 atom stereocenters. The molecule has 0 aliphatic carbocycles. The Kier molecular flexibility index (Phi) is 6.03. The summed E-state index contributed by atoms with van der Waals surface area (Å²) in [4.78, 5) is 0.470. The Labute approximate surface area is 195 Å². The van der Waals surface area contributed by atoms with E-state index >= 15 is 0 Å². The third-order valence-corrected chi connectivity index (χ3v) is 8.49. The second kappa shape index (κ2) is 8.65. The number of hydrogen-bond donors (Lipinski definition) is 0. The van der Waals surface area contributed by atoms with Gasteiger partial charge in [0, 0.05) is 24.6 Å².